The minimum Gasteiger partial charge on any atom is -0.496 e. The summed E-state index contributed by atoms with van der Waals surface area (Å²) in [6, 6.07) is 10.6. The molecule has 3 aromatic rings. The summed E-state index contributed by atoms with van der Waals surface area (Å²) in [7, 11) is 3.34. The molecule has 112 valence electrons. The molecule has 7 nitrogen and oxygen atoms in total. The number of rotatable bonds is 4. The quantitative estimate of drug-likeness (QED) is 0.799. The first kappa shape index (κ1) is 13.9. The van der Waals surface area contributed by atoms with Gasteiger partial charge in [-0.3, -0.25) is 9.48 Å². The molecule has 1 N–H and O–H groups in total. The van der Waals surface area contributed by atoms with E-state index in [1.807, 2.05) is 24.3 Å². The molecule has 0 spiro atoms. The molecule has 0 aliphatic rings. The van der Waals surface area contributed by atoms with E-state index in [1.54, 1.807) is 37.2 Å². The van der Waals surface area contributed by atoms with E-state index in [4.69, 9.17) is 9.26 Å². The number of carbonyl (C=O) groups is 1. The van der Waals surface area contributed by atoms with Crippen LogP contribution in [0.5, 0.6) is 5.75 Å². The van der Waals surface area contributed by atoms with Gasteiger partial charge in [0.05, 0.1) is 12.7 Å². The van der Waals surface area contributed by atoms with Crippen molar-refractivity contribution in [1.82, 2.24) is 14.9 Å². The number of nitrogens with one attached hydrogen (secondary N) is 1. The first-order valence-corrected chi connectivity index (χ1v) is 6.58. The molecule has 2 heterocycles. The maximum atomic E-state index is 12.1. The highest BCUT2D eigenvalue weighted by Gasteiger charge is 2.16. The highest BCUT2D eigenvalue weighted by Crippen LogP contribution is 2.29. The van der Waals surface area contributed by atoms with E-state index in [1.165, 1.54) is 0 Å². The van der Waals surface area contributed by atoms with Crippen LogP contribution in [0.15, 0.2) is 47.1 Å². The minimum absolute atomic E-state index is 0.173. The summed E-state index contributed by atoms with van der Waals surface area (Å²) in [5.74, 6) is 1.18. The van der Waals surface area contributed by atoms with Crippen molar-refractivity contribution < 1.29 is 14.1 Å². The predicted octanol–water partition coefficient (Wildman–Crippen LogP) is 2.34. The van der Waals surface area contributed by atoms with Gasteiger partial charge < -0.3 is 14.6 Å². The molecular formula is C15H14N4O3. The van der Waals surface area contributed by atoms with Crippen molar-refractivity contribution in [3.63, 3.8) is 0 Å². The molecular weight excluding hydrogens is 284 g/mol. The molecule has 22 heavy (non-hydrogen) atoms. The summed E-state index contributed by atoms with van der Waals surface area (Å²) in [5.41, 5.74) is 0.904. The molecule has 7 heteroatoms. The third-order valence-corrected chi connectivity index (χ3v) is 3.07. The summed E-state index contributed by atoms with van der Waals surface area (Å²) < 4.78 is 12.1. The van der Waals surface area contributed by atoms with E-state index >= 15 is 0 Å². The Balaban J connectivity index is 1.82. The van der Waals surface area contributed by atoms with Crippen molar-refractivity contribution in [3.05, 3.63) is 48.3 Å². The Labute approximate surface area is 126 Å². The highest BCUT2D eigenvalue weighted by molar-refractivity contribution is 6.02. The Hall–Kier alpha value is -3.09. The minimum atomic E-state index is -0.386. The van der Waals surface area contributed by atoms with E-state index < -0.39 is 0 Å². The van der Waals surface area contributed by atoms with Gasteiger partial charge in [0.2, 0.25) is 0 Å². The molecule has 0 bridgehead atoms. The van der Waals surface area contributed by atoms with E-state index in [0.29, 0.717) is 17.3 Å². The van der Waals surface area contributed by atoms with Gasteiger partial charge in [-0.1, -0.05) is 17.3 Å². The molecule has 0 unspecified atom stereocenters. The van der Waals surface area contributed by atoms with Gasteiger partial charge in [0.15, 0.2) is 17.3 Å². The third kappa shape index (κ3) is 2.69. The second-order valence-corrected chi connectivity index (χ2v) is 4.61. The number of ether oxygens (including phenoxy) is 1. The van der Waals surface area contributed by atoms with Crippen molar-refractivity contribution >= 4 is 11.7 Å². The van der Waals surface area contributed by atoms with Crippen LogP contribution in [0.4, 0.5) is 5.82 Å². The van der Waals surface area contributed by atoms with Crippen LogP contribution in [0.3, 0.4) is 0 Å². The summed E-state index contributed by atoms with van der Waals surface area (Å²) in [6.45, 7) is 0. The van der Waals surface area contributed by atoms with E-state index in [9.17, 15) is 4.79 Å². The summed E-state index contributed by atoms with van der Waals surface area (Å²) >= 11 is 0. The number of benzene rings is 1. The average molecular weight is 298 g/mol. The number of amides is 1. The van der Waals surface area contributed by atoms with E-state index in [-0.39, 0.29) is 11.6 Å². The van der Waals surface area contributed by atoms with Gasteiger partial charge in [-0.25, -0.2) is 0 Å². The Kier molecular flexibility index (Phi) is 3.61. The lowest BCUT2D eigenvalue weighted by molar-refractivity contribution is 0.101. The normalized spacial score (nSPS) is 10.5. The monoisotopic (exact) mass is 298 g/mol. The molecule has 0 aliphatic carbocycles. The van der Waals surface area contributed by atoms with Crippen LogP contribution in [0.1, 0.15) is 10.5 Å². The van der Waals surface area contributed by atoms with Crippen molar-refractivity contribution in [1.29, 1.82) is 0 Å². The number of aryl methyl sites for hydroxylation is 1. The zero-order valence-electron chi connectivity index (χ0n) is 12.1. The van der Waals surface area contributed by atoms with Crippen LogP contribution in [-0.2, 0) is 7.05 Å². The van der Waals surface area contributed by atoms with E-state index in [0.717, 1.165) is 5.56 Å². The third-order valence-electron chi connectivity index (χ3n) is 3.07. The van der Waals surface area contributed by atoms with Crippen LogP contribution < -0.4 is 10.1 Å². The summed E-state index contributed by atoms with van der Waals surface area (Å²) in [6.07, 6.45) is 1.73. The zero-order valence-corrected chi connectivity index (χ0v) is 12.1. The van der Waals surface area contributed by atoms with Crippen molar-refractivity contribution in [2.45, 2.75) is 0 Å². The topological polar surface area (TPSA) is 82.2 Å². The lowest BCUT2D eigenvalue weighted by atomic mass is 10.1. The van der Waals surface area contributed by atoms with Crippen LogP contribution in [0, 0.1) is 0 Å². The SMILES string of the molecule is COc1ccccc1-c1cc(C(=O)Nc2ccn(C)n2)no1. The largest absolute Gasteiger partial charge is 0.496 e. The van der Waals surface area contributed by atoms with Crippen molar-refractivity contribution in [3.8, 4) is 17.1 Å². The first-order valence-electron chi connectivity index (χ1n) is 6.58. The lowest BCUT2D eigenvalue weighted by Crippen LogP contribution is -2.12. The molecule has 0 radical (unpaired) electrons. The maximum Gasteiger partial charge on any atom is 0.279 e. The highest BCUT2D eigenvalue weighted by atomic mass is 16.5. The van der Waals surface area contributed by atoms with E-state index in [2.05, 4.69) is 15.6 Å². The molecule has 0 saturated heterocycles. The smallest absolute Gasteiger partial charge is 0.279 e. The number of aromatic nitrogens is 3. The average Bonchev–Trinajstić information content (AvgIpc) is 3.16. The fourth-order valence-electron chi connectivity index (χ4n) is 2.02. The number of para-hydroxylation sites is 1. The van der Waals surface area contributed by atoms with Crippen LogP contribution in [0.25, 0.3) is 11.3 Å². The fourth-order valence-corrected chi connectivity index (χ4v) is 2.02. The second-order valence-electron chi connectivity index (χ2n) is 4.61. The van der Waals surface area contributed by atoms with Gasteiger partial charge >= 0.3 is 0 Å². The van der Waals surface area contributed by atoms with Crippen LogP contribution in [-0.4, -0.2) is 28.0 Å². The number of methoxy groups -OCH3 is 1. The van der Waals surface area contributed by atoms with Crippen molar-refractivity contribution in [2.24, 2.45) is 7.05 Å². The van der Waals surface area contributed by atoms with Crippen molar-refractivity contribution in [2.75, 3.05) is 12.4 Å². The van der Waals surface area contributed by atoms with Crippen LogP contribution >= 0.6 is 0 Å². The number of carbonyl (C=O) groups excluding carboxylic acids is 1. The molecule has 0 saturated carbocycles. The van der Waals surface area contributed by atoms with Gasteiger partial charge in [-0.05, 0) is 12.1 Å². The Morgan fingerprint density at radius 1 is 1.32 bits per heavy atom. The number of nitrogens with zero attached hydrogens (tertiary/aromatic N) is 3. The van der Waals surface area contributed by atoms with Gasteiger partial charge in [-0.15, -0.1) is 0 Å². The molecule has 2 aromatic heterocycles. The molecule has 1 aromatic carbocycles. The predicted molar refractivity (Wildman–Crippen MR) is 79.7 cm³/mol. The summed E-state index contributed by atoms with van der Waals surface area (Å²) in [4.78, 5) is 12.1. The standard InChI is InChI=1S/C15H14N4O3/c1-19-8-7-14(17-19)16-15(20)11-9-13(22-18-11)10-5-3-4-6-12(10)21-2/h3-9H,1-2H3,(H,16,17,20). The first-order chi connectivity index (χ1) is 10.7. The molecule has 0 fully saturated rings. The Morgan fingerprint density at radius 3 is 2.86 bits per heavy atom. The fraction of sp³-hybridized carbons (Fsp3) is 0.133. The molecule has 0 atom stereocenters. The maximum absolute atomic E-state index is 12.1. The number of hydrogen-bond donors (Lipinski definition) is 1. The lowest BCUT2D eigenvalue weighted by Gasteiger charge is -2.03. The van der Waals surface area contributed by atoms with Gasteiger partial charge in [0.25, 0.3) is 5.91 Å². The summed E-state index contributed by atoms with van der Waals surface area (Å²) in [5, 5.41) is 10.5. The number of anilines is 1. The molecule has 3 rings (SSSR count). The Bertz CT molecular complexity index is 806. The van der Waals surface area contributed by atoms with Gasteiger partial charge in [0.1, 0.15) is 5.75 Å². The molecule has 0 aliphatic heterocycles. The zero-order chi connectivity index (χ0) is 15.5. The molecule has 1 amide bonds. The Morgan fingerprint density at radius 2 is 2.14 bits per heavy atom. The second kappa shape index (κ2) is 5.72. The number of hydrogen-bond acceptors (Lipinski definition) is 5. The van der Waals surface area contributed by atoms with Gasteiger partial charge in [-0.2, -0.15) is 5.10 Å². The van der Waals surface area contributed by atoms with Gasteiger partial charge in [0, 0.05) is 25.4 Å². The van der Waals surface area contributed by atoms with Crippen LogP contribution in [0.2, 0.25) is 0 Å².